The molecule has 0 radical (unpaired) electrons. The van der Waals surface area contributed by atoms with E-state index in [1.54, 1.807) is 19.1 Å². The number of aromatic nitrogens is 2. The van der Waals surface area contributed by atoms with Gasteiger partial charge in [0.1, 0.15) is 11.6 Å². The number of esters is 1. The minimum absolute atomic E-state index is 0.00338. The Morgan fingerprint density at radius 2 is 1.90 bits per heavy atom. The monoisotopic (exact) mass is 563 g/mol. The Balaban J connectivity index is 1.22. The van der Waals surface area contributed by atoms with Gasteiger partial charge in [-0.1, -0.05) is 35.9 Å². The summed E-state index contributed by atoms with van der Waals surface area (Å²) in [7, 11) is 1.89. The number of ether oxygens (including phenoxy) is 1. The van der Waals surface area contributed by atoms with Crippen LogP contribution in [0.15, 0.2) is 66.2 Å². The third kappa shape index (κ3) is 4.61. The molecular formula is C35H34FN3O3. The molecule has 2 aliphatic carbocycles. The number of aryl methyl sites for hydroxylation is 1. The molecule has 7 rings (SSSR count). The molecule has 2 saturated carbocycles. The van der Waals surface area contributed by atoms with Crippen LogP contribution in [-0.2, 0) is 23.0 Å². The van der Waals surface area contributed by atoms with Crippen molar-refractivity contribution in [3.8, 4) is 11.4 Å². The number of imidazole rings is 1. The number of allylic oxidation sites excluding steroid dienone is 1. The summed E-state index contributed by atoms with van der Waals surface area (Å²) in [4.78, 5) is 32.7. The van der Waals surface area contributed by atoms with Gasteiger partial charge in [0.05, 0.1) is 29.2 Å². The second-order valence-electron chi connectivity index (χ2n) is 11.8. The molecule has 0 saturated heterocycles. The largest absolute Gasteiger partial charge is 0.463 e. The highest BCUT2D eigenvalue weighted by atomic mass is 19.1. The van der Waals surface area contributed by atoms with E-state index >= 15 is 4.39 Å². The smallest absolute Gasteiger partial charge is 0.330 e. The minimum Gasteiger partial charge on any atom is -0.463 e. The van der Waals surface area contributed by atoms with Crippen LogP contribution in [0, 0.1) is 5.82 Å². The van der Waals surface area contributed by atoms with Crippen LogP contribution < -0.4 is 0 Å². The molecule has 1 aliphatic heterocycles. The highest BCUT2D eigenvalue weighted by Crippen LogP contribution is 2.48. The van der Waals surface area contributed by atoms with Crippen LogP contribution in [0.5, 0.6) is 0 Å². The number of benzene rings is 3. The zero-order valence-electron chi connectivity index (χ0n) is 24.2. The molecule has 7 heteroatoms. The number of hydrogen-bond acceptors (Lipinski definition) is 4. The van der Waals surface area contributed by atoms with E-state index in [4.69, 9.17) is 9.72 Å². The molecule has 3 aromatic carbocycles. The van der Waals surface area contributed by atoms with Gasteiger partial charge >= 0.3 is 5.97 Å². The quantitative estimate of drug-likeness (QED) is 0.187. The van der Waals surface area contributed by atoms with Gasteiger partial charge in [-0.05, 0) is 92.0 Å². The lowest BCUT2D eigenvalue weighted by Crippen LogP contribution is -2.38. The van der Waals surface area contributed by atoms with Gasteiger partial charge in [-0.15, -0.1) is 0 Å². The molecule has 6 nitrogen and oxygen atoms in total. The van der Waals surface area contributed by atoms with Gasteiger partial charge in [0, 0.05) is 31.1 Å². The highest BCUT2D eigenvalue weighted by molar-refractivity contribution is 5.99. The maximum atomic E-state index is 15.6. The number of carbonyl (C=O) groups is 2. The Hall–Kier alpha value is -4.26. The summed E-state index contributed by atoms with van der Waals surface area (Å²) in [6.45, 7) is 4.89. The van der Waals surface area contributed by atoms with Crippen LogP contribution in [0.2, 0.25) is 0 Å². The van der Waals surface area contributed by atoms with Crippen molar-refractivity contribution in [3.05, 3.63) is 99.9 Å². The van der Waals surface area contributed by atoms with Gasteiger partial charge in [0.25, 0.3) is 5.91 Å². The number of amides is 1. The molecule has 0 spiro atoms. The van der Waals surface area contributed by atoms with Gasteiger partial charge in [0.2, 0.25) is 0 Å². The second-order valence-corrected chi connectivity index (χ2v) is 11.8. The van der Waals surface area contributed by atoms with E-state index in [1.165, 1.54) is 17.2 Å². The number of halogens is 1. The van der Waals surface area contributed by atoms with Crippen molar-refractivity contribution in [2.45, 2.75) is 57.4 Å². The first-order valence-electron chi connectivity index (χ1n) is 14.9. The van der Waals surface area contributed by atoms with Crippen LogP contribution >= 0.6 is 0 Å². The molecule has 2 heterocycles. The average Bonchev–Trinajstić information content (AvgIpc) is 3.92. The van der Waals surface area contributed by atoms with Crippen LogP contribution in [-0.4, -0.2) is 39.5 Å². The fraction of sp³-hybridized carbons (Fsp3) is 0.343. The SMILES string of the molecule is CCOC(=O)/C=C1\CC1c1ccc(-c2nc3c(C4CC4)cc(C(=O)N4CCc5ccccc5[C@H]4C)cc3n2C)c(F)c1. The number of hydrogen-bond donors (Lipinski definition) is 0. The molecule has 0 N–H and O–H groups in total. The maximum absolute atomic E-state index is 15.6. The predicted octanol–water partition coefficient (Wildman–Crippen LogP) is 6.99. The molecule has 1 amide bonds. The van der Waals surface area contributed by atoms with Crippen molar-refractivity contribution in [2.24, 2.45) is 7.05 Å². The zero-order valence-corrected chi connectivity index (χ0v) is 24.2. The fourth-order valence-electron chi connectivity index (χ4n) is 6.53. The second kappa shape index (κ2) is 10.2. The summed E-state index contributed by atoms with van der Waals surface area (Å²) >= 11 is 0. The molecule has 1 unspecified atom stereocenters. The summed E-state index contributed by atoms with van der Waals surface area (Å²) in [5.74, 6) is 0.273. The maximum Gasteiger partial charge on any atom is 0.330 e. The van der Waals surface area contributed by atoms with Crippen molar-refractivity contribution >= 4 is 22.9 Å². The first-order chi connectivity index (χ1) is 20.3. The van der Waals surface area contributed by atoms with E-state index < -0.39 is 0 Å². The lowest BCUT2D eigenvalue weighted by molar-refractivity contribution is -0.137. The van der Waals surface area contributed by atoms with Crippen molar-refractivity contribution < 1.29 is 18.7 Å². The predicted molar refractivity (Wildman–Crippen MR) is 160 cm³/mol. The molecular weight excluding hydrogens is 529 g/mol. The standard InChI is InChI=1S/C35H34FN3O3/c1-4-42-32(40)19-24-15-28(24)23-11-12-27(30(36)17-23)34-37-33-29(22-9-10-22)16-25(18-31(33)38(34)3)35(41)39-14-13-21-7-5-6-8-26(21)20(39)2/h5-8,11-12,16-20,22,28H,4,9-10,13-15H2,1-3H3/b24-19+/t20-,28?/m1/s1. The van der Waals surface area contributed by atoms with Crippen LogP contribution in [0.25, 0.3) is 22.4 Å². The van der Waals surface area contributed by atoms with Crippen molar-refractivity contribution in [1.29, 1.82) is 0 Å². The highest BCUT2D eigenvalue weighted by Gasteiger charge is 2.34. The minimum atomic E-state index is -0.351. The molecule has 2 fully saturated rings. The first kappa shape index (κ1) is 26.6. The van der Waals surface area contributed by atoms with Crippen molar-refractivity contribution in [1.82, 2.24) is 14.5 Å². The third-order valence-corrected chi connectivity index (χ3v) is 9.09. The Morgan fingerprint density at radius 1 is 1.10 bits per heavy atom. The molecule has 2 atom stereocenters. The van der Waals surface area contributed by atoms with Gasteiger partial charge < -0.3 is 14.2 Å². The average molecular weight is 564 g/mol. The normalized spacial score (nSPS) is 20.6. The summed E-state index contributed by atoms with van der Waals surface area (Å²) < 4.78 is 22.5. The van der Waals surface area contributed by atoms with E-state index in [0.29, 0.717) is 36.0 Å². The summed E-state index contributed by atoms with van der Waals surface area (Å²) in [6.07, 6.45) is 5.23. The summed E-state index contributed by atoms with van der Waals surface area (Å²) in [5, 5.41) is 0. The van der Waals surface area contributed by atoms with Gasteiger partial charge in [0.15, 0.2) is 0 Å². The Bertz CT molecular complexity index is 1780. The summed E-state index contributed by atoms with van der Waals surface area (Å²) in [5.41, 5.74) is 8.15. The number of rotatable bonds is 6. The fourth-order valence-corrected chi connectivity index (χ4v) is 6.53. The molecule has 1 aromatic heterocycles. The van der Waals surface area contributed by atoms with E-state index in [9.17, 15) is 9.59 Å². The van der Waals surface area contributed by atoms with Crippen LogP contribution in [0.4, 0.5) is 4.39 Å². The lowest BCUT2D eigenvalue weighted by atomic mass is 9.92. The van der Waals surface area contributed by atoms with Crippen molar-refractivity contribution in [3.63, 3.8) is 0 Å². The summed E-state index contributed by atoms with van der Waals surface area (Å²) in [6, 6.07) is 17.6. The first-order valence-corrected chi connectivity index (χ1v) is 14.9. The Labute approximate surface area is 244 Å². The third-order valence-electron chi connectivity index (χ3n) is 9.09. The van der Waals surface area contributed by atoms with Crippen LogP contribution in [0.3, 0.4) is 0 Å². The molecule has 0 bridgehead atoms. The Morgan fingerprint density at radius 3 is 2.67 bits per heavy atom. The zero-order chi connectivity index (χ0) is 29.1. The molecule has 4 aromatic rings. The number of fused-ring (bicyclic) bond motifs is 2. The number of nitrogens with zero attached hydrogens (tertiary/aromatic N) is 3. The van der Waals surface area contributed by atoms with Crippen LogP contribution in [0.1, 0.15) is 83.6 Å². The lowest BCUT2D eigenvalue weighted by Gasteiger charge is -2.35. The van der Waals surface area contributed by atoms with E-state index in [2.05, 4.69) is 25.1 Å². The molecule has 214 valence electrons. The van der Waals surface area contributed by atoms with E-state index in [-0.39, 0.29) is 29.7 Å². The van der Waals surface area contributed by atoms with E-state index in [1.807, 2.05) is 40.8 Å². The van der Waals surface area contributed by atoms with Gasteiger partial charge in [-0.25, -0.2) is 14.2 Å². The number of carbonyl (C=O) groups excluding carboxylic acids is 2. The van der Waals surface area contributed by atoms with Crippen molar-refractivity contribution in [2.75, 3.05) is 13.2 Å². The molecule has 42 heavy (non-hydrogen) atoms. The van der Waals surface area contributed by atoms with Gasteiger partial charge in [-0.3, -0.25) is 4.79 Å². The molecule has 3 aliphatic rings. The van der Waals surface area contributed by atoms with Gasteiger partial charge in [-0.2, -0.15) is 0 Å². The topological polar surface area (TPSA) is 64.4 Å². The Kier molecular flexibility index (Phi) is 6.48. The van der Waals surface area contributed by atoms with E-state index in [0.717, 1.165) is 53.4 Å².